The molecule has 160 valence electrons. The summed E-state index contributed by atoms with van der Waals surface area (Å²) in [5.41, 5.74) is 3.45. The molecule has 0 amide bonds. The largest absolute Gasteiger partial charge is 0.378 e. The minimum atomic E-state index is -0.194. The SMILES string of the molecule is CCN(CC)c1[nH+]cnc2c1sc1nc(N3CCOCC3)c3c(c12)CC(C)(C)OC3. The lowest BCUT2D eigenvalue weighted by Crippen LogP contribution is -2.39. The molecule has 3 aromatic heterocycles. The van der Waals surface area contributed by atoms with Crippen molar-refractivity contribution in [3.05, 3.63) is 17.5 Å². The highest BCUT2D eigenvalue weighted by atomic mass is 32.1. The maximum absolute atomic E-state index is 6.23. The van der Waals surface area contributed by atoms with E-state index in [-0.39, 0.29) is 5.60 Å². The van der Waals surface area contributed by atoms with Crippen LogP contribution in [-0.2, 0) is 22.5 Å². The van der Waals surface area contributed by atoms with Crippen molar-refractivity contribution < 1.29 is 14.5 Å². The standard InChI is InChI=1S/C22H29N5O2S/c1-5-26(6-2)20-18-17(23-13-24-20)16-14-11-22(3,4)29-12-15(14)19(25-21(16)30-18)27-7-9-28-10-8-27/h13H,5-12H2,1-4H3/p+1. The van der Waals surface area contributed by atoms with Crippen molar-refractivity contribution >= 4 is 43.4 Å². The molecule has 0 aliphatic carbocycles. The number of hydrogen-bond donors (Lipinski definition) is 0. The number of nitrogens with zero attached hydrogens (tertiary/aromatic N) is 4. The second-order valence-corrected chi connectivity index (χ2v) is 9.60. The number of thiophene rings is 1. The van der Waals surface area contributed by atoms with E-state index in [4.69, 9.17) is 19.4 Å². The predicted molar refractivity (Wildman–Crippen MR) is 121 cm³/mol. The molecule has 0 aromatic carbocycles. The first kappa shape index (κ1) is 19.9. The minimum absolute atomic E-state index is 0.194. The quantitative estimate of drug-likeness (QED) is 0.636. The van der Waals surface area contributed by atoms with E-state index in [1.54, 1.807) is 11.3 Å². The van der Waals surface area contributed by atoms with Crippen LogP contribution < -0.4 is 14.8 Å². The van der Waals surface area contributed by atoms with Crippen LogP contribution in [0, 0.1) is 0 Å². The number of hydrogen-bond acceptors (Lipinski definition) is 7. The highest BCUT2D eigenvalue weighted by molar-refractivity contribution is 7.26. The first-order valence-electron chi connectivity index (χ1n) is 10.9. The van der Waals surface area contributed by atoms with Crippen LogP contribution in [0.3, 0.4) is 0 Å². The molecule has 1 N–H and O–H groups in total. The molecule has 0 saturated carbocycles. The molecule has 0 spiro atoms. The van der Waals surface area contributed by atoms with Gasteiger partial charge in [0, 0.05) is 25.1 Å². The third kappa shape index (κ3) is 3.21. The van der Waals surface area contributed by atoms with Gasteiger partial charge >= 0.3 is 0 Å². The Morgan fingerprint density at radius 2 is 1.97 bits per heavy atom. The Morgan fingerprint density at radius 1 is 1.20 bits per heavy atom. The van der Waals surface area contributed by atoms with Crippen LogP contribution in [0.5, 0.6) is 0 Å². The smallest absolute Gasteiger partial charge is 0.242 e. The molecule has 5 rings (SSSR count). The molecule has 0 radical (unpaired) electrons. The van der Waals surface area contributed by atoms with Gasteiger partial charge in [-0.1, -0.05) is 0 Å². The first-order chi connectivity index (χ1) is 14.5. The second-order valence-electron chi connectivity index (χ2n) is 8.60. The summed E-state index contributed by atoms with van der Waals surface area (Å²) >= 11 is 1.75. The van der Waals surface area contributed by atoms with Gasteiger partial charge in [0.25, 0.3) is 0 Å². The average molecular weight is 429 g/mol. The zero-order valence-electron chi connectivity index (χ0n) is 18.2. The Balaban J connectivity index is 1.79. The fourth-order valence-corrected chi connectivity index (χ4v) is 5.80. The molecule has 5 heterocycles. The van der Waals surface area contributed by atoms with Crippen molar-refractivity contribution in [3.8, 4) is 0 Å². The monoisotopic (exact) mass is 428 g/mol. The minimum Gasteiger partial charge on any atom is -0.378 e. The number of H-pyrrole nitrogens is 1. The second kappa shape index (κ2) is 7.59. The van der Waals surface area contributed by atoms with Gasteiger partial charge in [-0.05, 0) is 33.3 Å². The summed E-state index contributed by atoms with van der Waals surface area (Å²) in [4.78, 5) is 19.2. The van der Waals surface area contributed by atoms with Gasteiger partial charge in [-0.25, -0.2) is 9.97 Å². The zero-order chi connectivity index (χ0) is 20.9. The number of ether oxygens (including phenoxy) is 2. The topological polar surface area (TPSA) is 64.9 Å². The Morgan fingerprint density at radius 3 is 2.70 bits per heavy atom. The molecular formula is C22H30N5O2S+. The van der Waals surface area contributed by atoms with Gasteiger partial charge in [0.1, 0.15) is 15.3 Å². The van der Waals surface area contributed by atoms with Crippen LogP contribution in [-0.4, -0.2) is 55.0 Å². The lowest BCUT2D eigenvalue weighted by Gasteiger charge is -2.36. The van der Waals surface area contributed by atoms with Crippen LogP contribution in [0.2, 0.25) is 0 Å². The Bertz CT molecular complexity index is 1090. The summed E-state index contributed by atoms with van der Waals surface area (Å²) in [7, 11) is 0. The third-order valence-electron chi connectivity index (χ3n) is 6.22. The Kier molecular flexibility index (Phi) is 5.03. The number of anilines is 2. The van der Waals surface area contributed by atoms with E-state index in [9.17, 15) is 0 Å². The molecular weight excluding hydrogens is 398 g/mol. The molecule has 2 aliphatic heterocycles. The average Bonchev–Trinajstić information content (AvgIpc) is 3.13. The van der Waals surface area contributed by atoms with Crippen molar-refractivity contribution in [2.45, 2.75) is 46.3 Å². The van der Waals surface area contributed by atoms with E-state index in [1.807, 2.05) is 6.33 Å². The molecule has 8 heteroatoms. The highest BCUT2D eigenvalue weighted by Gasteiger charge is 2.34. The van der Waals surface area contributed by atoms with E-state index in [1.165, 1.54) is 21.2 Å². The van der Waals surface area contributed by atoms with Crippen molar-refractivity contribution in [2.24, 2.45) is 0 Å². The van der Waals surface area contributed by atoms with E-state index in [2.05, 4.69) is 42.5 Å². The van der Waals surface area contributed by atoms with Gasteiger partial charge in [0.05, 0.1) is 43.9 Å². The van der Waals surface area contributed by atoms with Crippen molar-refractivity contribution in [2.75, 3.05) is 49.2 Å². The number of rotatable bonds is 4. The molecule has 0 atom stereocenters. The zero-order valence-corrected chi connectivity index (χ0v) is 19.1. The van der Waals surface area contributed by atoms with E-state index < -0.39 is 0 Å². The highest BCUT2D eigenvalue weighted by Crippen LogP contribution is 2.44. The van der Waals surface area contributed by atoms with Crippen LogP contribution >= 0.6 is 11.3 Å². The van der Waals surface area contributed by atoms with Crippen LogP contribution in [0.25, 0.3) is 20.4 Å². The molecule has 7 nitrogen and oxygen atoms in total. The molecule has 3 aromatic rings. The predicted octanol–water partition coefficient (Wildman–Crippen LogP) is 3.19. The number of aromatic amines is 1. The molecule has 1 fully saturated rings. The van der Waals surface area contributed by atoms with Gasteiger partial charge in [0.2, 0.25) is 12.1 Å². The van der Waals surface area contributed by atoms with Gasteiger partial charge in [-0.2, -0.15) is 0 Å². The van der Waals surface area contributed by atoms with E-state index in [0.29, 0.717) is 6.61 Å². The Labute approximate surface area is 181 Å². The number of fused-ring (bicyclic) bond motifs is 5. The van der Waals surface area contributed by atoms with Gasteiger partial charge in [-0.3, -0.25) is 4.90 Å². The summed E-state index contributed by atoms with van der Waals surface area (Å²) in [5.74, 6) is 2.21. The number of morpholine rings is 1. The maximum Gasteiger partial charge on any atom is 0.242 e. The summed E-state index contributed by atoms with van der Waals surface area (Å²) in [6, 6.07) is 0. The molecule has 0 unspecified atom stereocenters. The number of nitrogens with one attached hydrogen (secondary N) is 1. The van der Waals surface area contributed by atoms with Gasteiger partial charge in [-0.15, -0.1) is 16.3 Å². The van der Waals surface area contributed by atoms with Gasteiger partial charge in [0.15, 0.2) is 5.52 Å². The lowest BCUT2D eigenvalue weighted by atomic mass is 9.90. The number of aromatic nitrogens is 3. The summed E-state index contributed by atoms with van der Waals surface area (Å²) < 4.78 is 13.0. The van der Waals surface area contributed by atoms with Crippen molar-refractivity contribution in [1.29, 1.82) is 0 Å². The summed E-state index contributed by atoms with van der Waals surface area (Å²) in [5, 5.41) is 1.21. The molecule has 1 saturated heterocycles. The summed E-state index contributed by atoms with van der Waals surface area (Å²) in [6.45, 7) is 14.5. The maximum atomic E-state index is 6.23. The van der Waals surface area contributed by atoms with Gasteiger partial charge < -0.3 is 14.4 Å². The van der Waals surface area contributed by atoms with Crippen LogP contribution in [0.1, 0.15) is 38.8 Å². The van der Waals surface area contributed by atoms with E-state index in [0.717, 1.165) is 67.8 Å². The summed E-state index contributed by atoms with van der Waals surface area (Å²) in [6.07, 6.45) is 2.69. The molecule has 0 bridgehead atoms. The first-order valence-corrected chi connectivity index (χ1v) is 11.7. The lowest BCUT2D eigenvalue weighted by molar-refractivity contribution is -0.366. The van der Waals surface area contributed by atoms with Crippen LogP contribution in [0.15, 0.2) is 6.33 Å². The fraction of sp³-hybridized carbons (Fsp3) is 0.591. The molecule has 30 heavy (non-hydrogen) atoms. The Hall–Kier alpha value is -2.03. The van der Waals surface area contributed by atoms with E-state index >= 15 is 0 Å². The number of pyridine rings is 1. The third-order valence-corrected chi connectivity index (χ3v) is 7.30. The molecule has 2 aliphatic rings. The fourth-order valence-electron chi connectivity index (χ4n) is 4.62. The van der Waals surface area contributed by atoms with Crippen molar-refractivity contribution in [3.63, 3.8) is 0 Å². The van der Waals surface area contributed by atoms with Crippen molar-refractivity contribution in [1.82, 2.24) is 9.97 Å². The van der Waals surface area contributed by atoms with Crippen LogP contribution in [0.4, 0.5) is 11.6 Å². The normalized spacial score (nSPS) is 18.7.